The summed E-state index contributed by atoms with van der Waals surface area (Å²) in [6.07, 6.45) is 0. The van der Waals surface area contributed by atoms with E-state index in [1.165, 1.54) is 19.2 Å². The summed E-state index contributed by atoms with van der Waals surface area (Å²) in [7, 11) is -2.65. The van der Waals surface area contributed by atoms with Crippen molar-refractivity contribution in [3.63, 3.8) is 0 Å². The number of nitro benzene ring substituents is 1. The largest absolute Gasteiger partial charge is 0.495 e. The van der Waals surface area contributed by atoms with Crippen LogP contribution < -0.4 is 15.2 Å². The maximum atomic E-state index is 12.1. The number of nitrogens with zero attached hydrogens (tertiary/aromatic N) is 1. The first-order valence-electron chi connectivity index (χ1n) is 5.36. The molecule has 9 heteroatoms. The first kappa shape index (κ1) is 15.3. The molecular formula is C10H15N3O5S. The molecule has 0 aromatic heterocycles. The molecule has 0 heterocycles. The maximum Gasteiger partial charge on any atom is 0.271 e. The molecule has 106 valence electrons. The third-order valence-electron chi connectivity index (χ3n) is 2.36. The fourth-order valence-corrected chi connectivity index (χ4v) is 2.81. The summed E-state index contributed by atoms with van der Waals surface area (Å²) in [5, 5.41) is 10.7. The van der Waals surface area contributed by atoms with Crippen LogP contribution in [0.5, 0.6) is 5.75 Å². The van der Waals surface area contributed by atoms with Gasteiger partial charge in [-0.15, -0.1) is 0 Å². The Balaban J connectivity index is 3.30. The van der Waals surface area contributed by atoms with Gasteiger partial charge in [0.2, 0.25) is 10.0 Å². The van der Waals surface area contributed by atoms with Crippen molar-refractivity contribution < 1.29 is 18.1 Å². The molecular weight excluding hydrogens is 274 g/mol. The highest BCUT2D eigenvalue weighted by atomic mass is 32.2. The normalized spacial score (nSPS) is 13.0. The van der Waals surface area contributed by atoms with Gasteiger partial charge in [0.25, 0.3) is 5.69 Å². The molecule has 0 aliphatic heterocycles. The maximum absolute atomic E-state index is 12.1. The van der Waals surface area contributed by atoms with E-state index in [-0.39, 0.29) is 22.9 Å². The molecule has 0 fully saturated rings. The highest BCUT2D eigenvalue weighted by Gasteiger charge is 2.24. The Bertz CT molecular complexity index is 573. The van der Waals surface area contributed by atoms with Crippen LogP contribution in [0.2, 0.25) is 0 Å². The lowest BCUT2D eigenvalue weighted by Crippen LogP contribution is -2.37. The van der Waals surface area contributed by atoms with Crippen molar-refractivity contribution in [3.8, 4) is 5.75 Å². The van der Waals surface area contributed by atoms with Gasteiger partial charge in [-0.2, -0.15) is 0 Å². The molecule has 0 aliphatic rings. The van der Waals surface area contributed by atoms with Crippen LogP contribution in [0.4, 0.5) is 5.69 Å². The molecule has 0 amide bonds. The summed E-state index contributed by atoms with van der Waals surface area (Å²) >= 11 is 0. The van der Waals surface area contributed by atoms with Gasteiger partial charge in [0.05, 0.1) is 12.0 Å². The van der Waals surface area contributed by atoms with Crippen LogP contribution >= 0.6 is 0 Å². The van der Waals surface area contributed by atoms with Crippen LogP contribution in [0, 0.1) is 10.1 Å². The Kier molecular flexibility index (Phi) is 4.81. The van der Waals surface area contributed by atoms with Crippen LogP contribution in [0.25, 0.3) is 0 Å². The van der Waals surface area contributed by atoms with Crippen molar-refractivity contribution >= 4 is 15.7 Å². The zero-order chi connectivity index (χ0) is 14.6. The minimum atomic E-state index is -3.93. The third kappa shape index (κ3) is 3.63. The van der Waals surface area contributed by atoms with E-state index in [4.69, 9.17) is 10.5 Å². The molecule has 0 saturated heterocycles. The van der Waals surface area contributed by atoms with Gasteiger partial charge in [-0.25, -0.2) is 13.1 Å². The number of nitrogens with two attached hydrogens (primary N) is 1. The van der Waals surface area contributed by atoms with Crippen molar-refractivity contribution in [3.05, 3.63) is 28.3 Å². The minimum absolute atomic E-state index is 0.0299. The topological polar surface area (TPSA) is 125 Å². The van der Waals surface area contributed by atoms with E-state index in [0.717, 1.165) is 6.07 Å². The second-order valence-electron chi connectivity index (χ2n) is 3.85. The number of nitrogens with one attached hydrogen (secondary N) is 1. The van der Waals surface area contributed by atoms with Gasteiger partial charge < -0.3 is 10.5 Å². The fraction of sp³-hybridized carbons (Fsp3) is 0.400. The lowest BCUT2D eigenvalue weighted by molar-refractivity contribution is -0.385. The SMILES string of the molecule is COc1ccc([N+](=O)[O-])cc1S(=O)(=O)NC(C)CN. The van der Waals surface area contributed by atoms with Crippen LogP contribution in [0.1, 0.15) is 6.92 Å². The summed E-state index contributed by atoms with van der Waals surface area (Å²) in [6.45, 7) is 1.69. The lowest BCUT2D eigenvalue weighted by atomic mass is 10.3. The summed E-state index contributed by atoms with van der Waals surface area (Å²) in [5.41, 5.74) is 5.01. The van der Waals surface area contributed by atoms with Crippen molar-refractivity contribution in [2.24, 2.45) is 5.73 Å². The number of non-ortho nitro benzene ring substituents is 1. The molecule has 1 atom stereocenters. The van der Waals surface area contributed by atoms with Crippen molar-refractivity contribution in [1.29, 1.82) is 0 Å². The molecule has 0 spiro atoms. The third-order valence-corrected chi connectivity index (χ3v) is 3.97. The molecule has 1 aromatic rings. The fourth-order valence-electron chi connectivity index (χ4n) is 1.37. The lowest BCUT2D eigenvalue weighted by Gasteiger charge is -2.14. The smallest absolute Gasteiger partial charge is 0.271 e. The van der Waals surface area contributed by atoms with E-state index < -0.39 is 21.0 Å². The van der Waals surface area contributed by atoms with E-state index in [2.05, 4.69) is 4.72 Å². The highest BCUT2D eigenvalue weighted by molar-refractivity contribution is 7.89. The van der Waals surface area contributed by atoms with Gasteiger partial charge in [0.1, 0.15) is 10.6 Å². The highest BCUT2D eigenvalue weighted by Crippen LogP contribution is 2.28. The Hall–Kier alpha value is -1.71. The van der Waals surface area contributed by atoms with Gasteiger partial charge >= 0.3 is 0 Å². The second kappa shape index (κ2) is 5.95. The first-order valence-corrected chi connectivity index (χ1v) is 6.85. The number of methoxy groups -OCH3 is 1. The number of sulfonamides is 1. The second-order valence-corrected chi connectivity index (χ2v) is 5.53. The molecule has 1 aromatic carbocycles. The number of hydrogen-bond donors (Lipinski definition) is 2. The van der Waals surface area contributed by atoms with Crippen LogP contribution in [-0.4, -0.2) is 33.0 Å². The molecule has 0 aliphatic carbocycles. The van der Waals surface area contributed by atoms with Crippen molar-refractivity contribution in [2.45, 2.75) is 17.9 Å². The first-order chi connectivity index (χ1) is 8.81. The van der Waals surface area contributed by atoms with Gasteiger partial charge in [-0.3, -0.25) is 10.1 Å². The van der Waals surface area contributed by atoms with E-state index in [0.29, 0.717) is 0 Å². The molecule has 0 saturated carbocycles. The summed E-state index contributed by atoms with van der Waals surface area (Å²) in [5.74, 6) is 0.0299. The number of hydrogen-bond acceptors (Lipinski definition) is 6. The minimum Gasteiger partial charge on any atom is -0.495 e. The van der Waals surface area contributed by atoms with Gasteiger partial charge in [-0.05, 0) is 13.0 Å². The van der Waals surface area contributed by atoms with Gasteiger partial charge in [-0.1, -0.05) is 0 Å². The molecule has 0 radical (unpaired) electrons. The zero-order valence-corrected chi connectivity index (χ0v) is 11.3. The molecule has 19 heavy (non-hydrogen) atoms. The Morgan fingerprint density at radius 1 is 1.53 bits per heavy atom. The Labute approximate surface area is 110 Å². The summed E-state index contributed by atoms with van der Waals surface area (Å²) in [4.78, 5) is 9.72. The average Bonchev–Trinajstić information content (AvgIpc) is 2.37. The van der Waals surface area contributed by atoms with Crippen LogP contribution in [-0.2, 0) is 10.0 Å². The van der Waals surface area contributed by atoms with Crippen LogP contribution in [0.15, 0.2) is 23.1 Å². The van der Waals surface area contributed by atoms with Crippen LogP contribution in [0.3, 0.4) is 0 Å². The van der Waals surface area contributed by atoms with Gasteiger partial charge in [0, 0.05) is 24.7 Å². The molecule has 8 nitrogen and oxygen atoms in total. The number of benzene rings is 1. The molecule has 3 N–H and O–H groups in total. The monoisotopic (exact) mass is 289 g/mol. The molecule has 0 bridgehead atoms. The Morgan fingerprint density at radius 2 is 2.16 bits per heavy atom. The predicted octanol–water partition coefficient (Wildman–Crippen LogP) is 0.229. The number of rotatable bonds is 6. The summed E-state index contributed by atoms with van der Waals surface area (Å²) < 4.78 is 31.4. The predicted molar refractivity (Wildman–Crippen MR) is 68.5 cm³/mol. The van der Waals surface area contributed by atoms with E-state index in [1.54, 1.807) is 6.92 Å². The quantitative estimate of drug-likeness (QED) is 0.570. The molecule has 1 rings (SSSR count). The average molecular weight is 289 g/mol. The number of ether oxygens (including phenoxy) is 1. The Morgan fingerprint density at radius 3 is 2.63 bits per heavy atom. The standard InChI is InChI=1S/C10H15N3O5S/c1-7(6-11)12-19(16,17)10-5-8(13(14)15)3-4-9(10)18-2/h3-5,7,12H,6,11H2,1-2H3. The van der Waals surface area contributed by atoms with Crippen molar-refractivity contribution in [2.75, 3.05) is 13.7 Å². The van der Waals surface area contributed by atoms with Gasteiger partial charge in [0.15, 0.2) is 0 Å². The van der Waals surface area contributed by atoms with E-state index in [9.17, 15) is 18.5 Å². The van der Waals surface area contributed by atoms with E-state index in [1.807, 2.05) is 0 Å². The van der Waals surface area contributed by atoms with E-state index >= 15 is 0 Å². The van der Waals surface area contributed by atoms with Crippen molar-refractivity contribution in [1.82, 2.24) is 4.72 Å². The molecule has 1 unspecified atom stereocenters. The number of nitro groups is 1. The zero-order valence-electron chi connectivity index (χ0n) is 10.5. The summed E-state index contributed by atoms with van der Waals surface area (Å²) in [6, 6.07) is 2.86.